The predicted molar refractivity (Wildman–Crippen MR) is 123 cm³/mol. The van der Waals surface area contributed by atoms with Gasteiger partial charge in [0, 0.05) is 67.0 Å². The van der Waals surface area contributed by atoms with Crippen LogP contribution in [0.1, 0.15) is 42.5 Å². The number of aryl methyl sites for hydroxylation is 1. The minimum Gasteiger partial charge on any atom is -0.356 e. The summed E-state index contributed by atoms with van der Waals surface area (Å²) in [6.45, 7) is 4.23. The second-order valence-electron chi connectivity index (χ2n) is 8.02. The van der Waals surface area contributed by atoms with Gasteiger partial charge in [-0.15, -0.1) is 0 Å². The summed E-state index contributed by atoms with van der Waals surface area (Å²) in [4.78, 5) is 43.2. The molecule has 0 saturated carbocycles. The van der Waals surface area contributed by atoms with Crippen LogP contribution in [0.3, 0.4) is 0 Å². The summed E-state index contributed by atoms with van der Waals surface area (Å²) in [6.07, 6.45) is 9.26. The Morgan fingerprint density at radius 1 is 1.12 bits per heavy atom. The lowest BCUT2D eigenvalue weighted by Crippen LogP contribution is -2.32. The van der Waals surface area contributed by atoms with Crippen molar-refractivity contribution in [1.82, 2.24) is 25.3 Å². The number of rotatable bonds is 7. The van der Waals surface area contributed by atoms with Crippen molar-refractivity contribution in [3.8, 4) is 11.4 Å². The van der Waals surface area contributed by atoms with E-state index >= 15 is 0 Å². The van der Waals surface area contributed by atoms with Crippen LogP contribution in [0.25, 0.3) is 11.4 Å². The molecular formula is C24H28N6O2. The fourth-order valence-electron chi connectivity index (χ4n) is 4.03. The Bertz CT molecular complexity index is 1120. The van der Waals surface area contributed by atoms with Gasteiger partial charge in [-0.25, -0.2) is 9.97 Å². The third-order valence-corrected chi connectivity index (χ3v) is 5.78. The molecule has 32 heavy (non-hydrogen) atoms. The number of amides is 1. The van der Waals surface area contributed by atoms with Crippen molar-refractivity contribution in [3.05, 3.63) is 70.0 Å². The average molecular weight is 433 g/mol. The molecule has 8 heteroatoms. The summed E-state index contributed by atoms with van der Waals surface area (Å²) in [5, 5.41) is 2.98. The van der Waals surface area contributed by atoms with Crippen LogP contribution in [0.5, 0.6) is 0 Å². The Balaban J connectivity index is 1.36. The number of hydrogen-bond donors (Lipinski definition) is 2. The van der Waals surface area contributed by atoms with Crippen LogP contribution in [0.2, 0.25) is 0 Å². The van der Waals surface area contributed by atoms with Gasteiger partial charge < -0.3 is 15.2 Å². The van der Waals surface area contributed by atoms with Crippen LogP contribution in [-0.4, -0.2) is 38.9 Å². The van der Waals surface area contributed by atoms with Gasteiger partial charge in [0.05, 0.1) is 0 Å². The van der Waals surface area contributed by atoms with Crippen LogP contribution in [0, 0.1) is 6.92 Å². The Kier molecular flexibility index (Phi) is 6.89. The van der Waals surface area contributed by atoms with Crippen molar-refractivity contribution in [2.24, 2.45) is 0 Å². The molecule has 1 saturated heterocycles. The SMILES string of the molecule is Cc1nc(-c2ccncc2)[nH]c(=O)c1CCC(=O)NCc1cccnc1N1CCCCC1. The molecule has 1 aliphatic heterocycles. The molecule has 0 atom stereocenters. The topological polar surface area (TPSA) is 104 Å². The number of piperidine rings is 1. The summed E-state index contributed by atoms with van der Waals surface area (Å²) in [6, 6.07) is 7.49. The quantitative estimate of drug-likeness (QED) is 0.595. The van der Waals surface area contributed by atoms with Crippen LogP contribution >= 0.6 is 0 Å². The Morgan fingerprint density at radius 3 is 2.66 bits per heavy atom. The van der Waals surface area contributed by atoms with E-state index in [9.17, 15) is 9.59 Å². The first-order valence-corrected chi connectivity index (χ1v) is 11.1. The van der Waals surface area contributed by atoms with Gasteiger partial charge >= 0.3 is 0 Å². The molecule has 0 unspecified atom stereocenters. The third-order valence-electron chi connectivity index (χ3n) is 5.78. The number of carbonyl (C=O) groups is 1. The Hall–Kier alpha value is -3.55. The zero-order valence-corrected chi connectivity index (χ0v) is 18.3. The van der Waals surface area contributed by atoms with Crippen LogP contribution in [-0.2, 0) is 17.8 Å². The lowest BCUT2D eigenvalue weighted by molar-refractivity contribution is -0.121. The molecule has 0 aliphatic carbocycles. The number of pyridine rings is 2. The van der Waals surface area contributed by atoms with E-state index in [1.54, 1.807) is 37.6 Å². The second kappa shape index (κ2) is 10.2. The van der Waals surface area contributed by atoms with Gasteiger partial charge in [-0.05, 0) is 50.8 Å². The van der Waals surface area contributed by atoms with Gasteiger partial charge in [0.25, 0.3) is 5.56 Å². The van der Waals surface area contributed by atoms with E-state index in [1.165, 1.54) is 19.3 Å². The lowest BCUT2D eigenvalue weighted by atomic mass is 10.1. The molecule has 8 nitrogen and oxygen atoms in total. The lowest BCUT2D eigenvalue weighted by Gasteiger charge is -2.29. The first-order chi connectivity index (χ1) is 15.6. The number of aromatic amines is 1. The largest absolute Gasteiger partial charge is 0.356 e. The number of H-pyrrole nitrogens is 1. The fourth-order valence-corrected chi connectivity index (χ4v) is 4.03. The third kappa shape index (κ3) is 5.19. The molecule has 1 amide bonds. The summed E-state index contributed by atoms with van der Waals surface area (Å²) in [5.41, 5.74) is 2.77. The molecule has 0 aromatic carbocycles. The average Bonchev–Trinajstić information content (AvgIpc) is 2.83. The maximum atomic E-state index is 12.6. The molecule has 166 valence electrons. The van der Waals surface area contributed by atoms with Crippen molar-refractivity contribution in [1.29, 1.82) is 0 Å². The van der Waals surface area contributed by atoms with Crippen LogP contribution < -0.4 is 15.8 Å². The minimum absolute atomic E-state index is 0.101. The normalized spacial score (nSPS) is 13.7. The predicted octanol–water partition coefficient (Wildman–Crippen LogP) is 2.77. The maximum absolute atomic E-state index is 12.6. The van der Waals surface area contributed by atoms with E-state index in [4.69, 9.17) is 0 Å². The highest BCUT2D eigenvalue weighted by Gasteiger charge is 2.16. The number of nitrogens with zero attached hydrogens (tertiary/aromatic N) is 4. The monoisotopic (exact) mass is 432 g/mol. The molecule has 4 rings (SSSR count). The molecule has 0 spiro atoms. The van der Waals surface area contributed by atoms with Crippen molar-refractivity contribution in [2.75, 3.05) is 18.0 Å². The van der Waals surface area contributed by atoms with E-state index in [0.29, 0.717) is 30.0 Å². The smallest absolute Gasteiger partial charge is 0.254 e. The van der Waals surface area contributed by atoms with Crippen LogP contribution in [0.4, 0.5) is 5.82 Å². The molecule has 3 aromatic heterocycles. The number of aromatic nitrogens is 4. The van der Waals surface area contributed by atoms with Crippen molar-refractivity contribution < 1.29 is 4.79 Å². The molecule has 1 aliphatic rings. The van der Waals surface area contributed by atoms with E-state index in [1.807, 2.05) is 12.1 Å². The van der Waals surface area contributed by atoms with Crippen molar-refractivity contribution >= 4 is 11.7 Å². The van der Waals surface area contributed by atoms with E-state index < -0.39 is 0 Å². The highest BCUT2D eigenvalue weighted by atomic mass is 16.1. The number of anilines is 1. The summed E-state index contributed by atoms with van der Waals surface area (Å²) in [7, 11) is 0. The first-order valence-electron chi connectivity index (χ1n) is 11.1. The van der Waals surface area contributed by atoms with Crippen molar-refractivity contribution in [2.45, 2.75) is 45.6 Å². The first kappa shape index (κ1) is 21.7. The van der Waals surface area contributed by atoms with Gasteiger partial charge in [-0.2, -0.15) is 0 Å². The molecule has 1 fully saturated rings. The van der Waals surface area contributed by atoms with E-state index in [2.05, 4.69) is 30.2 Å². The molecule has 0 radical (unpaired) electrons. The molecule has 2 N–H and O–H groups in total. The van der Waals surface area contributed by atoms with Gasteiger partial charge in [0.15, 0.2) is 0 Å². The second-order valence-corrected chi connectivity index (χ2v) is 8.02. The molecule has 0 bridgehead atoms. The Morgan fingerprint density at radius 2 is 1.91 bits per heavy atom. The summed E-state index contributed by atoms with van der Waals surface area (Å²) >= 11 is 0. The van der Waals surface area contributed by atoms with E-state index in [-0.39, 0.29) is 17.9 Å². The van der Waals surface area contributed by atoms with Crippen LogP contribution in [0.15, 0.2) is 47.7 Å². The fraction of sp³-hybridized carbons (Fsp3) is 0.375. The number of carbonyl (C=O) groups excluding carboxylic acids is 1. The van der Waals surface area contributed by atoms with Gasteiger partial charge in [0.1, 0.15) is 11.6 Å². The zero-order chi connectivity index (χ0) is 22.3. The van der Waals surface area contributed by atoms with Gasteiger partial charge in [-0.3, -0.25) is 14.6 Å². The zero-order valence-electron chi connectivity index (χ0n) is 18.3. The Labute approximate surface area is 187 Å². The number of hydrogen-bond acceptors (Lipinski definition) is 6. The highest BCUT2D eigenvalue weighted by Crippen LogP contribution is 2.21. The van der Waals surface area contributed by atoms with E-state index in [0.717, 1.165) is 30.0 Å². The molecular weight excluding hydrogens is 404 g/mol. The standard InChI is InChI=1S/C24H28N6O2/c1-17-20(24(32)29-22(28-17)18-9-12-25-13-10-18)7-8-21(31)27-16-19-6-5-11-26-23(19)30-14-3-2-4-15-30/h5-6,9-13H,2-4,7-8,14-16H2,1H3,(H,27,31)(H,28,29,32). The highest BCUT2D eigenvalue weighted by molar-refractivity contribution is 5.76. The summed E-state index contributed by atoms with van der Waals surface area (Å²) < 4.78 is 0. The molecule has 4 heterocycles. The van der Waals surface area contributed by atoms with Gasteiger partial charge in [-0.1, -0.05) is 6.07 Å². The van der Waals surface area contributed by atoms with Crippen molar-refractivity contribution in [3.63, 3.8) is 0 Å². The van der Waals surface area contributed by atoms with Gasteiger partial charge in [0.2, 0.25) is 5.91 Å². The molecule has 3 aromatic rings. The summed E-state index contributed by atoms with van der Waals surface area (Å²) in [5.74, 6) is 1.36. The number of nitrogens with one attached hydrogen (secondary N) is 2. The maximum Gasteiger partial charge on any atom is 0.254 e. The minimum atomic E-state index is -0.211.